The number of ether oxygens (including phenoxy) is 1. The van der Waals surface area contributed by atoms with Gasteiger partial charge in [0.05, 0.1) is 0 Å². The molecule has 0 bridgehead atoms. The van der Waals surface area contributed by atoms with Gasteiger partial charge in [0.2, 0.25) is 5.91 Å². The first-order valence-corrected chi connectivity index (χ1v) is 9.35. The Labute approximate surface area is 156 Å². The molecular formula is C20H31N3O3. The summed E-state index contributed by atoms with van der Waals surface area (Å²) in [6.45, 7) is 9.25. The summed E-state index contributed by atoms with van der Waals surface area (Å²) < 4.78 is 5.51. The van der Waals surface area contributed by atoms with Crippen LogP contribution in [0.4, 0.5) is 0 Å². The first kappa shape index (κ1) is 20.2. The molecule has 0 saturated carbocycles. The Balaban J connectivity index is 1.61. The molecular weight excluding hydrogens is 330 g/mol. The van der Waals surface area contributed by atoms with Crippen LogP contribution in [0.3, 0.4) is 0 Å². The van der Waals surface area contributed by atoms with Crippen LogP contribution in [0.2, 0.25) is 0 Å². The third-order valence-electron chi connectivity index (χ3n) is 4.09. The molecule has 26 heavy (non-hydrogen) atoms. The number of rotatable bonds is 9. The lowest BCUT2D eigenvalue weighted by atomic mass is 10.1. The molecule has 0 aliphatic carbocycles. The number of carbonyl (C=O) groups is 2. The average Bonchev–Trinajstić information content (AvgIpc) is 2.97. The molecule has 1 aromatic rings. The Morgan fingerprint density at radius 2 is 1.96 bits per heavy atom. The van der Waals surface area contributed by atoms with Crippen molar-refractivity contribution in [3.63, 3.8) is 0 Å². The van der Waals surface area contributed by atoms with Gasteiger partial charge in [-0.1, -0.05) is 12.1 Å². The fourth-order valence-electron chi connectivity index (χ4n) is 2.87. The first-order chi connectivity index (χ1) is 12.3. The summed E-state index contributed by atoms with van der Waals surface area (Å²) >= 11 is 0. The second-order valence-corrected chi connectivity index (χ2v) is 7.75. The lowest BCUT2D eigenvalue weighted by Gasteiger charge is -2.20. The Morgan fingerprint density at radius 1 is 1.23 bits per heavy atom. The molecule has 1 aromatic carbocycles. The number of benzene rings is 1. The van der Waals surface area contributed by atoms with E-state index in [0.717, 1.165) is 44.6 Å². The number of nitrogens with one attached hydrogen (secondary N) is 2. The highest BCUT2D eigenvalue weighted by Gasteiger charge is 2.18. The molecule has 1 fully saturated rings. The van der Waals surface area contributed by atoms with Crippen LogP contribution in [0.5, 0.6) is 5.75 Å². The molecule has 1 aliphatic rings. The van der Waals surface area contributed by atoms with Crippen molar-refractivity contribution in [3.05, 3.63) is 29.8 Å². The van der Waals surface area contributed by atoms with Crippen LogP contribution in [-0.2, 0) is 16.1 Å². The summed E-state index contributed by atoms with van der Waals surface area (Å²) in [4.78, 5) is 25.2. The predicted molar refractivity (Wildman–Crippen MR) is 102 cm³/mol. The van der Waals surface area contributed by atoms with Crippen molar-refractivity contribution in [1.82, 2.24) is 15.5 Å². The largest absolute Gasteiger partial charge is 0.484 e. The maximum Gasteiger partial charge on any atom is 0.258 e. The van der Waals surface area contributed by atoms with Crippen molar-refractivity contribution in [2.75, 3.05) is 26.2 Å². The van der Waals surface area contributed by atoms with Crippen molar-refractivity contribution in [3.8, 4) is 5.75 Å². The van der Waals surface area contributed by atoms with Crippen molar-refractivity contribution in [2.45, 2.75) is 52.1 Å². The summed E-state index contributed by atoms with van der Waals surface area (Å²) in [5, 5.41) is 6.26. The minimum Gasteiger partial charge on any atom is -0.484 e. The SMILES string of the molecule is CC(C)(C)NC(=O)COc1ccc(CNCCCN2CCCC2=O)cc1. The van der Waals surface area contributed by atoms with E-state index in [-0.39, 0.29) is 24.0 Å². The van der Waals surface area contributed by atoms with E-state index in [0.29, 0.717) is 12.2 Å². The molecule has 0 spiro atoms. The number of carbonyl (C=O) groups excluding carboxylic acids is 2. The Bertz CT molecular complexity index is 593. The van der Waals surface area contributed by atoms with Crippen molar-refractivity contribution < 1.29 is 14.3 Å². The lowest BCUT2D eigenvalue weighted by Crippen LogP contribution is -2.43. The van der Waals surface area contributed by atoms with Gasteiger partial charge in [-0.15, -0.1) is 0 Å². The second kappa shape index (κ2) is 9.57. The van der Waals surface area contributed by atoms with E-state index in [1.54, 1.807) is 0 Å². The fraction of sp³-hybridized carbons (Fsp3) is 0.600. The summed E-state index contributed by atoms with van der Waals surface area (Å²) in [5.74, 6) is 0.849. The molecule has 144 valence electrons. The summed E-state index contributed by atoms with van der Waals surface area (Å²) in [7, 11) is 0. The van der Waals surface area contributed by atoms with Crippen LogP contribution in [-0.4, -0.2) is 48.5 Å². The van der Waals surface area contributed by atoms with E-state index in [2.05, 4.69) is 10.6 Å². The van der Waals surface area contributed by atoms with Gasteiger partial charge in [-0.05, 0) is 57.9 Å². The van der Waals surface area contributed by atoms with E-state index in [1.807, 2.05) is 49.9 Å². The van der Waals surface area contributed by atoms with Gasteiger partial charge in [-0.25, -0.2) is 0 Å². The van der Waals surface area contributed by atoms with Crippen molar-refractivity contribution in [1.29, 1.82) is 0 Å². The molecule has 2 N–H and O–H groups in total. The van der Waals surface area contributed by atoms with Crippen molar-refractivity contribution in [2.24, 2.45) is 0 Å². The highest BCUT2D eigenvalue weighted by atomic mass is 16.5. The maximum atomic E-state index is 11.7. The Hall–Kier alpha value is -2.08. The molecule has 0 aromatic heterocycles. The molecule has 0 unspecified atom stereocenters. The van der Waals surface area contributed by atoms with E-state index in [9.17, 15) is 9.59 Å². The third kappa shape index (κ3) is 7.44. The first-order valence-electron chi connectivity index (χ1n) is 9.35. The normalized spacial score (nSPS) is 14.6. The van der Waals surface area contributed by atoms with E-state index >= 15 is 0 Å². The van der Waals surface area contributed by atoms with Crippen LogP contribution in [0.25, 0.3) is 0 Å². The molecule has 6 nitrogen and oxygen atoms in total. The number of nitrogens with zero attached hydrogens (tertiary/aromatic N) is 1. The number of hydrogen-bond acceptors (Lipinski definition) is 4. The molecule has 0 radical (unpaired) electrons. The summed E-state index contributed by atoms with van der Waals surface area (Å²) in [6.07, 6.45) is 2.67. The highest BCUT2D eigenvalue weighted by Crippen LogP contribution is 2.12. The van der Waals surface area contributed by atoms with Gasteiger partial charge in [-0.3, -0.25) is 9.59 Å². The highest BCUT2D eigenvalue weighted by molar-refractivity contribution is 5.78. The minimum atomic E-state index is -0.252. The van der Waals surface area contributed by atoms with Gasteiger partial charge in [-0.2, -0.15) is 0 Å². The van der Waals surface area contributed by atoms with E-state index in [4.69, 9.17) is 4.74 Å². The maximum absolute atomic E-state index is 11.7. The van der Waals surface area contributed by atoms with Gasteiger partial charge in [0.25, 0.3) is 5.91 Å². The van der Waals surface area contributed by atoms with Crippen LogP contribution >= 0.6 is 0 Å². The molecule has 0 atom stereocenters. The number of hydrogen-bond donors (Lipinski definition) is 2. The fourth-order valence-corrected chi connectivity index (χ4v) is 2.87. The summed E-state index contributed by atoms with van der Waals surface area (Å²) in [5.41, 5.74) is 0.909. The Morgan fingerprint density at radius 3 is 2.58 bits per heavy atom. The van der Waals surface area contributed by atoms with Crippen molar-refractivity contribution >= 4 is 11.8 Å². The second-order valence-electron chi connectivity index (χ2n) is 7.75. The van der Waals surface area contributed by atoms with Gasteiger partial charge in [0.15, 0.2) is 6.61 Å². The van der Waals surface area contributed by atoms with Gasteiger partial charge >= 0.3 is 0 Å². The van der Waals surface area contributed by atoms with Gasteiger partial charge in [0.1, 0.15) is 5.75 Å². The lowest BCUT2D eigenvalue weighted by molar-refractivity contribution is -0.127. The Kier molecular flexibility index (Phi) is 7.45. The quantitative estimate of drug-likeness (QED) is 0.661. The topological polar surface area (TPSA) is 70.7 Å². The molecule has 1 saturated heterocycles. The van der Waals surface area contributed by atoms with Gasteiger partial charge in [0, 0.05) is 31.6 Å². The van der Waals surface area contributed by atoms with Crippen LogP contribution in [0.1, 0.15) is 45.6 Å². The zero-order valence-electron chi connectivity index (χ0n) is 16.1. The molecule has 1 heterocycles. The number of likely N-dealkylation sites (tertiary alicyclic amines) is 1. The number of amides is 2. The zero-order valence-corrected chi connectivity index (χ0v) is 16.1. The van der Waals surface area contributed by atoms with E-state index in [1.165, 1.54) is 0 Å². The molecule has 2 rings (SSSR count). The van der Waals surface area contributed by atoms with Gasteiger partial charge < -0.3 is 20.3 Å². The van der Waals surface area contributed by atoms with Crippen LogP contribution in [0.15, 0.2) is 24.3 Å². The summed E-state index contributed by atoms with van der Waals surface area (Å²) in [6, 6.07) is 7.75. The predicted octanol–water partition coefficient (Wildman–Crippen LogP) is 2.08. The minimum absolute atomic E-state index is 0.0179. The van der Waals surface area contributed by atoms with E-state index < -0.39 is 0 Å². The molecule has 6 heteroatoms. The standard InChI is InChI=1S/C20H31N3O3/c1-20(2,3)22-18(24)15-26-17-9-7-16(8-10-17)14-21-11-5-13-23-12-4-6-19(23)25/h7-10,21H,4-6,11-15H2,1-3H3,(H,22,24). The third-order valence-corrected chi connectivity index (χ3v) is 4.09. The van der Waals surface area contributed by atoms with Crippen LogP contribution in [0, 0.1) is 0 Å². The molecule has 1 aliphatic heterocycles. The monoisotopic (exact) mass is 361 g/mol. The van der Waals surface area contributed by atoms with Crippen LogP contribution < -0.4 is 15.4 Å². The molecule has 2 amide bonds. The average molecular weight is 361 g/mol. The smallest absolute Gasteiger partial charge is 0.258 e. The zero-order chi connectivity index (χ0) is 19.0.